The van der Waals surface area contributed by atoms with E-state index in [9.17, 15) is 8.42 Å². The van der Waals surface area contributed by atoms with E-state index in [1.165, 1.54) is 11.8 Å². The van der Waals surface area contributed by atoms with Crippen molar-refractivity contribution in [2.45, 2.75) is 30.7 Å². The third-order valence-electron chi connectivity index (χ3n) is 3.67. The van der Waals surface area contributed by atoms with Gasteiger partial charge in [0.2, 0.25) is 10.0 Å². The molecule has 0 atom stereocenters. The van der Waals surface area contributed by atoms with Crippen molar-refractivity contribution in [2.75, 3.05) is 12.3 Å². The molecule has 1 aliphatic rings. The number of nitrogens with zero attached hydrogens (tertiary/aromatic N) is 2. The third-order valence-corrected chi connectivity index (χ3v) is 5.13. The van der Waals surface area contributed by atoms with Crippen LogP contribution in [-0.2, 0) is 29.4 Å². The van der Waals surface area contributed by atoms with Crippen LogP contribution in [0, 0.1) is 0 Å². The Bertz CT molecular complexity index is 752. The molecule has 0 saturated carbocycles. The summed E-state index contributed by atoms with van der Waals surface area (Å²) >= 11 is 0. The van der Waals surface area contributed by atoms with Gasteiger partial charge < -0.3 is 5.73 Å². The van der Waals surface area contributed by atoms with Crippen LogP contribution in [0.5, 0.6) is 0 Å². The van der Waals surface area contributed by atoms with Gasteiger partial charge in [0.1, 0.15) is 0 Å². The Balaban J connectivity index is 1.66. The Kier molecular flexibility index (Phi) is 3.69. The van der Waals surface area contributed by atoms with Gasteiger partial charge in [0.05, 0.1) is 23.3 Å². The number of aryl methyl sites for hydroxylation is 2. The zero-order valence-corrected chi connectivity index (χ0v) is 12.4. The number of benzene rings is 1. The summed E-state index contributed by atoms with van der Waals surface area (Å²) in [5, 5.41) is 4.01. The molecular weight excluding hydrogens is 288 g/mol. The van der Waals surface area contributed by atoms with Gasteiger partial charge in [-0.05, 0) is 42.5 Å². The number of nitrogen functional groups attached to an aromatic ring is 1. The molecule has 0 aliphatic heterocycles. The van der Waals surface area contributed by atoms with Crippen molar-refractivity contribution >= 4 is 15.7 Å². The molecule has 6 nitrogen and oxygen atoms in total. The van der Waals surface area contributed by atoms with Crippen molar-refractivity contribution in [3.8, 4) is 0 Å². The maximum Gasteiger partial charge on any atom is 0.240 e. The van der Waals surface area contributed by atoms with Gasteiger partial charge >= 0.3 is 0 Å². The first-order valence-electron chi connectivity index (χ1n) is 6.94. The highest BCUT2D eigenvalue weighted by Gasteiger charge is 2.17. The molecule has 1 heterocycles. The molecule has 0 fully saturated rings. The summed E-state index contributed by atoms with van der Waals surface area (Å²) < 4.78 is 28.7. The average molecular weight is 306 g/mol. The van der Waals surface area contributed by atoms with Gasteiger partial charge in [-0.15, -0.1) is 0 Å². The summed E-state index contributed by atoms with van der Waals surface area (Å²) in [6.07, 6.45) is 6.32. The lowest BCUT2D eigenvalue weighted by molar-refractivity contribution is 0.561. The average Bonchev–Trinajstić information content (AvgIpc) is 3.06. The highest BCUT2D eigenvalue weighted by molar-refractivity contribution is 7.89. The molecule has 2 aromatic rings. The minimum Gasteiger partial charge on any atom is -0.396 e. The topological polar surface area (TPSA) is 90.0 Å². The molecule has 3 rings (SSSR count). The molecule has 21 heavy (non-hydrogen) atoms. The molecule has 0 spiro atoms. The summed E-state index contributed by atoms with van der Waals surface area (Å²) in [6, 6.07) is 5.39. The maximum atomic E-state index is 12.3. The van der Waals surface area contributed by atoms with E-state index in [1.807, 2.05) is 6.07 Å². The van der Waals surface area contributed by atoms with E-state index >= 15 is 0 Å². The van der Waals surface area contributed by atoms with Crippen molar-refractivity contribution in [2.24, 2.45) is 0 Å². The maximum absolute atomic E-state index is 12.3. The molecular formula is C14H18N4O2S. The molecule has 112 valence electrons. The van der Waals surface area contributed by atoms with Crippen LogP contribution < -0.4 is 10.5 Å². The first kappa shape index (κ1) is 14.1. The summed E-state index contributed by atoms with van der Waals surface area (Å²) in [7, 11) is -3.47. The van der Waals surface area contributed by atoms with Crippen molar-refractivity contribution in [3.05, 3.63) is 41.7 Å². The Labute approximate surface area is 124 Å². The predicted molar refractivity (Wildman–Crippen MR) is 80.3 cm³/mol. The second-order valence-corrected chi connectivity index (χ2v) is 6.99. The van der Waals surface area contributed by atoms with Crippen LogP contribution in [0.1, 0.15) is 17.5 Å². The van der Waals surface area contributed by atoms with Gasteiger partial charge in [-0.1, -0.05) is 6.07 Å². The van der Waals surface area contributed by atoms with E-state index < -0.39 is 10.0 Å². The van der Waals surface area contributed by atoms with E-state index in [-0.39, 0.29) is 6.54 Å². The van der Waals surface area contributed by atoms with Crippen molar-refractivity contribution < 1.29 is 8.42 Å². The molecule has 1 aromatic heterocycles. The van der Waals surface area contributed by atoms with E-state index in [4.69, 9.17) is 5.73 Å². The van der Waals surface area contributed by atoms with E-state index in [0.717, 1.165) is 24.8 Å². The minimum atomic E-state index is -3.47. The van der Waals surface area contributed by atoms with Gasteiger partial charge in [0.15, 0.2) is 0 Å². The molecule has 1 aromatic carbocycles. The summed E-state index contributed by atoms with van der Waals surface area (Å²) in [5.74, 6) is 0. The number of hydrogen-bond donors (Lipinski definition) is 2. The number of nitrogens with two attached hydrogens (primary N) is 1. The van der Waals surface area contributed by atoms with E-state index in [1.54, 1.807) is 23.0 Å². The summed E-state index contributed by atoms with van der Waals surface area (Å²) in [5.41, 5.74) is 8.54. The summed E-state index contributed by atoms with van der Waals surface area (Å²) in [4.78, 5) is 0.336. The second kappa shape index (κ2) is 5.50. The molecule has 0 saturated heterocycles. The number of sulfonamides is 1. The van der Waals surface area contributed by atoms with Gasteiger partial charge in [-0.25, -0.2) is 13.1 Å². The summed E-state index contributed by atoms with van der Waals surface area (Å²) in [6.45, 7) is 0.724. The van der Waals surface area contributed by atoms with Crippen LogP contribution in [0.15, 0.2) is 35.5 Å². The first-order chi connectivity index (χ1) is 10.0. The van der Waals surface area contributed by atoms with Crippen LogP contribution in [0.25, 0.3) is 0 Å². The molecule has 3 N–H and O–H groups in total. The largest absolute Gasteiger partial charge is 0.396 e. The number of nitrogens with one attached hydrogen (secondary N) is 1. The van der Waals surface area contributed by atoms with Gasteiger partial charge in [0.25, 0.3) is 0 Å². The van der Waals surface area contributed by atoms with Crippen LogP contribution in [0.3, 0.4) is 0 Å². The number of rotatable bonds is 5. The minimum absolute atomic E-state index is 0.278. The highest BCUT2D eigenvalue weighted by atomic mass is 32.2. The fourth-order valence-corrected chi connectivity index (χ4v) is 3.67. The molecule has 1 aliphatic carbocycles. The zero-order valence-electron chi connectivity index (χ0n) is 11.6. The smallest absolute Gasteiger partial charge is 0.240 e. The van der Waals surface area contributed by atoms with Crippen LogP contribution in [-0.4, -0.2) is 24.7 Å². The Morgan fingerprint density at radius 1 is 1.29 bits per heavy atom. The highest BCUT2D eigenvalue weighted by Crippen LogP contribution is 2.24. The Morgan fingerprint density at radius 2 is 2.10 bits per heavy atom. The second-order valence-electron chi connectivity index (χ2n) is 5.22. The monoisotopic (exact) mass is 306 g/mol. The van der Waals surface area contributed by atoms with Crippen LogP contribution >= 0.6 is 0 Å². The first-order valence-corrected chi connectivity index (χ1v) is 8.42. The zero-order chi connectivity index (χ0) is 14.9. The third kappa shape index (κ3) is 3.08. The molecule has 0 bridgehead atoms. The fourth-order valence-electron chi connectivity index (χ4n) is 2.60. The van der Waals surface area contributed by atoms with Crippen molar-refractivity contribution in [1.29, 1.82) is 0 Å². The molecule has 0 unspecified atom stereocenters. The van der Waals surface area contributed by atoms with E-state index in [2.05, 4.69) is 9.82 Å². The SMILES string of the molecule is Nc1cnn(CCNS(=O)(=O)c2ccc3c(c2)CCC3)c1. The van der Waals surface area contributed by atoms with Crippen LogP contribution in [0.2, 0.25) is 0 Å². The number of anilines is 1. The van der Waals surface area contributed by atoms with Gasteiger partial charge in [-0.3, -0.25) is 4.68 Å². The van der Waals surface area contributed by atoms with E-state index in [0.29, 0.717) is 17.1 Å². The van der Waals surface area contributed by atoms with Crippen molar-refractivity contribution in [3.63, 3.8) is 0 Å². The predicted octanol–water partition coefficient (Wildman–Crippen LogP) is 0.933. The van der Waals surface area contributed by atoms with Crippen LogP contribution in [0.4, 0.5) is 5.69 Å². The lowest BCUT2D eigenvalue weighted by atomic mass is 10.1. The van der Waals surface area contributed by atoms with Gasteiger partial charge in [-0.2, -0.15) is 5.10 Å². The molecule has 0 amide bonds. The molecule has 0 radical (unpaired) electrons. The number of aromatic nitrogens is 2. The standard InChI is InChI=1S/C14H18N4O2S/c15-13-9-16-18(10-13)7-6-17-21(19,20)14-5-4-11-2-1-3-12(11)8-14/h4-5,8-10,17H,1-3,6-7,15H2. The lowest BCUT2D eigenvalue weighted by Gasteiger charge is -2.08. The number of fused-ring (bicyclic) bond motifs is 1. The van der Waals surface area contributed by atoms with Crippen molar-refractivity contribution in [1.82, 2.24) is 14.5 Å². The quantitative estimate of drug-likeness (QED) is 0.860. The molecule has 7 heteroatoms. The lowest BCUT2D eigenvalue weighted by Crippen LogP contribution is -2.27. The van der Waals surface area contributed by atoms with Gasteiger partial charge in [0, 0.05) is 12.7 Å². The fraction of sp³-hybridized carbons (Fsp3) is 0.357. The normalized spacial score (nSPS) is 14.3. The Hall–Kier alpha value is -1.86. The number of hydrogen-bond acceptors (Lipinski definition) is 4. The Morgan fingerprint density at radius 3 is 2.86 bits per heavy atom.